The first-order valence-electron chi connectivity index (χ1n) is 8.60. The van der Waals surface area contributed by atoms with E-state index in [1.165, 1.54) is 16.7 Å². The van der Waals surface area contributed by atoms with E-state index in [4.69, 9.17) is 4.74 Å². The Hall–Kier alpha value is -1.57. The highest BCUT2D eigenvalue weighted by atomic mass is 16.5. The van der Waals surface area contributed by atoms with Gasteiger partial charge in [0.1, 0.15) is 6.10 Å². The molecule has 2 nitrogen and oxygen atoms in total. The van der Waals surface area contributed by atoms with Crippen LogP contribution in [0.25, 0.3) is 0 Å². The Kier molecular flexibility index (Phi) is 5.33. The molecule has 0 saturated heterocycles. The molecule has 0 radical (unpaired) electrons. The van der Waals surface area contributed by atoms with Crippen LogP contribution in [0.2, 0.25) is 0 Å². The second-order valence-corrected chi connectivity index (χ2v) is 7.69. The maximum Gasteiger partial charge on any atom is 0.310 e. The van der Waals surface area contributed by atoms with Gasteiger partial charge in [0, 0.05) is 0 Å². The summed E-state index contributed by atoms with van der Waals surface area (Å²) in [5.74, 6) is 0.306. The minimum absolute atomic E-state index is 0.00918. The Morgan fingerprint density at radius 2 is 2.09 bits per heavy atom. The predicted molar refractivity (Wildman–Crippen MR) is 96.0 cm³/mol. The molecular formula is C21H30O2. The van der Waals surface area contributed by atoms with Gasteiger partial charge in [-0.15, -0.1) is 0 Å². The summed E-state index contributed by atoms with van der Waals surface area (Å²) in [6, 6.07) is 0. The maximum atomic E-state index is 12.6. The highest BCUT2D eigenvalue weighted by Gasteiger charge is 2.61. The van der Waals surface area contributed by atoms with Crippen molar-refractivity contribution in [2.24, 2.45) is 17.3 Å². The van der Waals surface area contributed by atoms with E-state index in [0.717, 1.165) is 19.3 Å². The summed E-state index contributed by atoms with van der Waals surface area (Å²) in [4.78, 5) is 12.6. The zero-order chi connectivity index (χ0) is 17.2. The second kappa shape index (κ2) is 6.90. The van der Waals surface area contributed by atoms with Crippen LogP contribution in [0, 0.1) is 17.3 Å². The van der Waals surface area contributed by atoms with Crippen LogP contribution in [0.15, 0.2) is 47.6 Å². The maximum absolute atomic E-state index is 12.6. The first-order valence-corrected chi connectivity index (χ1v) is 8.60. The summed E-state index contributed by atoms with van der Waals surface area (Å²) in [5.41, 5.74) is 3.94. The van der Waals surface area contributed by atoms with Crippen molar-refractivity contribution in [3.05, 3.63) is 47.6 Å². The standard InChI is InChI=1S/C21H30O2/c1-7-8-9-10-16-11-12-18(15(16)4)23-20(22)19-17(13-14(2)3)21(19,5)6/h7-9,13,17-19H,1,10-12H2,2-6H3/b9-8-/t17-,18?,19+/m0/s1. The van der Waals surface area contributed by atoms with Crippen LogP contribution in [0.4, 0.5) is 0 Å². The molecule has 1 saturated carbocycles. The topological polar surface area (TPSA) is 26.3 Å². The van der Waals surface area contributed by atoms with Crippen LogP contribution in [0.1, 0.15) is 53.9 Å². The monoisotopic (exact) mass is 314 g/mol. The second-order valence-electron chi connectivity index (χ2n) is 7.69. The van der Waals surface area contributed by atoms with Gasteiger partial charge in [-0.25, -0.2) is 0 Å². The van der Waals surface area contributed by atoms with E-state index in [0.29, 0.717) is 5.92 Å². The summed E-state index contributed by atoms with van der Waals surface area (Å²) in [7, 11) is 0. The van der Waals surface area contributed by atoms with Gasteiger partial charge in [-0.1, -0.05) is 55.9 Å². The van der Waals surface area contributed by atoms with E-state index in [2.05, 4.69) is 53.3 Å². The molecule has 2 heteroatoms. The van der Waals surface area contributed by atoms with E-state index < -0.39 is 0 Å². The largest absolute Gasteiger partial charge is 0.458 e. The molecule has 23 heavy (non-hydrogen) atoms. The van der Waals surface area contributed by atoms with Gasteiger partial charge in [0.05, 0.1) is 5.92 Å². The van der Waals surface area contributed by atoms with Crippen LogP contribution < -0.4 is 0 Å². The van der Waals surface area contributed by atoms with E-state index in [1.807, 2.05) is 6.08 Å². The van der Waals surface area contributed by atoms with Gasteiger partial charge < -0.3 is 4.74 Å². The minimum Gasteiger partial charge on any atom is -0.458 e. The number of carbonyl (C=O) groups is 1. The first-order chi connectivity index (χ1) is 10.8. The zero-order valence-electron chi connectivity index (χ0n) is 15.2. The van der Waals surface area contributed by atoms with Crippen molar-refractivity contribution in [1.29, 1.82) is 0 Å². The van der Waals surface area contributed by atoms with Gasteiger partial charge in [0.25, 0.3) is 0 Å². The van der Waals surface area contributed by atoms with E-state index in [1.54, 1.807) is 6.08 Å². The van der Waals surface area contributed by atoms with Crippen molar-refractivity contribution in [2.75, 3.05) is 0 Å². The lowest BCUT2D eigenvalue weighted by atomic mass is 10.1. The van der Waals surface area contributed by atoms with E-state index >= 15 is 0 Å². The summed E-state index contributed by atoms with van der Waals surface area (Å²) in [5, 5.41) is 0. The number of hydrogen-bond acceptors (Lipinski definition) is 2. The molecule has 2 rings (SSSR count). The molecule has 0 aromatic rings. The lowest BCUT2D eigenvalue weighted by Gasteiger charge is -2.14. The molecule has 3 atom stereocenters. The zero-order valence-corrected chi connectivity index (χ0v) is 15.2. The third-order valence-electron chi connectivity index (χ3n) is 5.32. The molecule has 2 aliphatic rings. The number of hydrogen-bond donors (Lipinski definition) is 0. The molecule has 0 aromatic heterocycles. The van der Waals surface area contributed by atoms with Gasteiger partial charge in [0.15, 0.2) is 0 Å². The summed E-state index contributed by atoms with van der Waals surface area (Å²) in [6.07, 6.45) is 10.9. The molecule has 1 fully saturated rings. The summed E-state index contributed by atoms with van der Waals surface area (Å²) < 4.78 is 5.86. The quantitative estimate of drug-likeness (QED) is 0.374. The summed E-state index contributed by atoms with van der Waals surface area (Å²) in [6.45, 7) is 14.3. The molecule has 1 unspecified atom stereocenters. The highest BCUT2D eigenvalue weighted by Crippen LogP contribution is 2.60. The molecule has 2 aliphatic carbocycles. The Balaban J connectivity index is 1.98. The smallest absolute Gasteiger partial charge is 0.310 e. The number of rotatable bonds is 6. The SMILES string of the molecule is C=C/C=C\CC1=C(C)C(OC(=O)[C@H]2[C@H](C=C(C)C)C2(C)C)CC1. The van der Waals surface area contributed by atoms with Gasteiger partial charge in [-0.3, -0.25) is 4.79 Å². The van der Waals surface area contributed by atoms with Crippen molar-refractivity contribution >= 4 is 5.97 Å². The molecule has 0 aliphatic heterocycles. The molecular weight excluding hydrogens is 284 g/mol. The fraction of sp³-hybridized carbons (Fsp3) is 0.571. The number of ether oxygens (including phenoxy) is 1. The molecule has 0 amide bonds. The third-order valence-corrected chi connectivity index (χ3v) is 5.32. The fourth-order valence-electron chi connectivity index (χ4n) is 3.68. The van der Waals surface area contributed by atoms with Crippen LogP contribution >= 0.6 is 0 Å². The number of allylic oxidation sites excluding steroid dienone is 6. The van der Waals surface area contributed by atoms with Crippen molar-refractivity contribution in [2.45, 2.75) is 60.0 Å². The van der Waals surface area contributed by atoms with Crippen LogP contribution in [-0.2, 0) is 9.53 Å². The van der Waals surface area contributed by atoms with Gasteiger partial charge >= 0.3 is 5.97 Å². The van der Waals surface area contributed by atoms with Gasteiger partial charge in [-0.2, -0.15) is 0 Å². The van der Waals surface area contributed by atoms with Crippen LogP contribution in [-0.4, -0.2) is 12.1 Å². The van der Waals surface area contributed by atoms with Gasteiger partial charge in [0.2, 0.25) is 0 Å². The van der Waals surface area contributed by atoms with Crippen LogP contribution in [0.3, 0.4) is 0 Å². The van der Waals surface area contributed by atoms with Crippen molar-refractivity contribution in [3.8, 4) is 0 Å². The number of carbonyl (C=O) groups excluding carboxylic acids is 1. The van der Waals surface area contributed by atoms with Crippen LogP contribution in [0.5, 0.6) is 0 Å². The third kappa shape index (κ3) is 3.85. The Bertz CT molecular complexity index is 571. The Morgan fingerprint density at radius 1 is 1.39 bits per heavy atom. The molecule has 0 aromatic carbocycles. The lowest BCUT2D eigenvalue weighted by molar-refractivity contribution is -0.149. The Morgan fingerprint density at radius 3 is 2.70 bits per heavy atom. The molecule has 126 valence electrons. The minimum atomic E-state index is -0.0293. The van der Waals surface area contributed by atoms with Crippen molar-refractivity contribution in [3.63, 3.8) is 0 Å². The normalized spacial score (nSPS) is 28.8. The fourth-order valence-corrected chi connectivity index (χ4v) is 3.68. The summed E-state index contributed by atoms with van der Waals surface area (Å²) >= 11 is 0. The first kappa shape index (κ1) is 17.8. The number of esters is 1. The van der Waals surface area contributed by atoms with Gasteiger partial charge in [-0.05, 0) is 56.9 Å². The van der Waals surface area contributed by atoms with E-state index in [-0.39, 0.29) is 23.4 Å². The highest BCUT2D eigenvalue weighted by molar-refractivity contribution is 5.78. The lowest BCUT2D eigenvalue weighted by Crippen LogP contribution is -2.20. The average molecular weight is 314 g/mol. The Labute approximate surface area is 141 Å². The molecule has 0 spiro atoms. The average Bonchev–Trinajstić information content (AvgIpc) is 2.81. The molecule has 0 heterocycles. The molecule has 0 bridgehead atoms. The van der Waals surface area contributed by atoms with E-state index in [9.17, 15) is 4.79 Å². The van der Waals surface area contributed by atoms with Crippen molar-refractivity contribution < 1.29 is 9.53 Å². The molecule has 0 N–H and O–H groups in total. The van der Waals surface area contributed by atoms with Crippen molar-refractivity contribution in [1.82, 2.24) is 0 Å². The predicted octanol–water partition coefficient (Wildman–Crippen LogP) is 5.38.